The van der Waals surface area contributed by atoms with E-state index in [9.17, 15) is 0 Å². The first-order chi connectivity index (χ1) is 8.75. The van der Waals surface area contributed by atoms with E-state index in [2.05, 4.69) is 45.8 Å². The summed E-state index contributed by atoms with van der Waals surface area (Å²) in [7, 11) is 0. The van der Waals surface area contributed by atoms with Crippen LogP contribution in [0.5, 0.6) is 5.88 Å². The van der Waals surface area contributed by atoms with Gasteiger partial charge in [0.25, 0.3) is 0 Å². The van der Waals surface area contributed by atoms with E-state index < -0.39 is 0 Å². The molecule has 3 rings (SSSR count). The van der Waals surface area contributed by atoms with E-state index in [0.29, 0.717) is 19.0 Å². The predicted molar refractivity (Wildman–Crippen MR) is 68.0 cm³/mol. The molecule has 18 heavy (non-hydrogen) atoms. The van der Waals surface area contributed by atoms with Crippen molar-refractivity contribution in [2.24, 2.45) is 0 Å². The van der Waals surface area contributed by atoms with Gasteiger partial charge in [0, 0.05) is 24.5 Å². The van der Waals surface area contributed by atoms with E-state index >= 15 is 0 Å². The van der Waals surface area contributed by atoms with Crippen LogP contribution in [-0.4, -0.2) is 27.7 Å². The van der Waals surface area contributed by atoms with Crippen LogP contribution in [0.3, 0.4) is 0 Å². The SMILES string of the molecule is Cc1ccc(C)n1-c1cnc2c(n1)OCCNC2. The Morgan fingerprint density at radius 1 is 1.28 bits per heavy atom. The van der Waals surface area contributed by atoms with Crippen LogP contribution in [0, 0.1) is 13.8 Å². The average Bonchev–Trinajstić information content (AvgIpc) is 2.59. The summed E-state index contributed by atoms with van der Waals surface area (Å²) in [5.41, 5.74) is 3.17. The molecule has 94 valence electrons. The van der Waals surface area contributed by atoms with Crippen molar-refractivity contribution < 1.29 is 4.74 Å². The number of hydrogen-bond donors (Lipinski definition) is 1. The molecule has 1 aliphatic rings. The highest BCUT2D eigenvalue weighted by molar-refractivity contribution is 5.33. The monoisotopic (exact) mass is 244 g/mol. The zero-order chi connectivity index (χ0) is 12.5. The van der Waals surface area contributed by atoms with Gasteiger partial charge in [-0.25, -0.2) is 0 Å². The molecule has 5 heteroatoms. The van der Waals surface area contributed by atoms with Gasteiger partial charge in [0.05, 0.1) is 6.20 Å². The van der Waals surface area contributed by atoms with Crippen molar-refractivity contribution in [3.63, 3.8) is 0 Å². The van der Waals surface area contributed by atoms with Gasteiger partial charge in [0.1, 0.15) is 12.3 Å². The molecular weight excluding hydrogens is 228 g/mol. The smallest absolute Gasteiger partial charge is 0.239 e. The topological polar surface area (TPSA) is 52.0 Å². The maximum atomic E-state index is 5.62. The number of fused-ring (bicyclic) bond motifs is 1. The standard InChI is InChI=1S/C13H16N4O/c1-9-3-4-10(2)17(9)12-8-15-11-7-14-5-6-18-13(11)16-12/h3-4,8,14H,5-7H2,1-2H3. The molecule has 0 aromatic carbocycles. The Morgan fingerprint density at radius 3 is 2.83 bits per heavy atom. The van der Waals surface area contributed by atoms with Gasteiger partial charge in [-0.05, 0) is 26.0 Å². The lowest BCUT2D eigenvalue weighted by Gasteiger charge is -2.11. The summed E-state index contributed by atoms with van der Waals surface area (Å²) in [5.74, 6) is 1.46. The van der Waals surface area contributed by atoms with Gasteiger partial charge in [0.15, 0.2) is 5.82 Å². The van der Waals surface area contributed by atoms with E-state index in [1.165, 1.54) is 0 Å². The molecule has 2 aromatic rings. The molecule has 0 aliphatic carbocycles. The molecule has 2 aromatic heterocycles. The Bertz CT molecular complexity index is 557. The van der Waals surface area contributed by atoms with Gasteiger partial charge < -0.3 is 14.6 Å². The highest BCUT2D eigenvalue weighted by atomic mass is 16.5. The third kappa shape index (κ3) is 1.86. The molecule has 0 fully saturated rings. The van der Waals surface area contributed by atoms with Gasteiger partial charge in [-0.2, -0.15) is 4.98 Å². The fourth-order valence-electron chi connectivity index (χ4n) is 2.19. The molecular formula is C13H16N4O. The molecule has 1 aliphatic heterocycles. The van der Waals surface area contributed by atoms with Gasteiger partial charge in [-0.3, -0.25) is 4.98 Å². The number of rotatable bonds is 1. The van der Waals surface area contributed by atoms with Crippen molar-refractivity contribution in [3.05, 3.63) is 35.4 Å². The average molecular weight is 244 g/mol. The molecule has 0 saturated heterocycles. The highest BCUT2D eigenvalue weighted by Crippen LogP contribution is 2.20. The third-order valence-corrected chi connectivity index (χ3v) is 3.11. The van der Waals surface area contributed by atoms with E-state index in [-0.39, 0.29) is 0 Å². The van der Waals surface area contributed by atoms with Gasteiger partial charge in [0.2, 0.25) is 5.88 Å². The van der Waals surface area contributed by atoms with E-state index in [1.54, 1.807) is 6.20 Å². The first-order valence-corrected chi connectivity index (χ1v) is 6.10. The van der Waals surface area contributed by atoms with Crippen molar-refractivity contribution in [3.8, 4) is 11.7 Å². The summed E-state index contributed by atoms with van der Waals surface area (Å²) in [6.07, 6.45) is 1.80. The largest absolute Gasteiger partial charge is 0.475 e. The van der Waals surface area contributed by atoms with Crippen LogP contribution < -0.4 is 10.1 Å². The number of ether oxygens (including phenoxy) is 1. The molecule has 1 N–H and O–H groups in total. The minimum Gasteiger partial charge on any atom is -0.475 e. The molecule has 0 saturated carbocycles. The van der Waals surface area contributed by atoms with Crippen molar-refractivity contribution in [1.82, 2.24) is 19.9 Å². The Kier molecular flexibility index (Phi) is 2.76. The van der Waals surface area contributed by atoms with E-state index in [4.69, 9.17) is 4.74 Å². The molecule has 0 atom stereocenters. The Labute approximate surface area is 106 Å². The number of nitrogens with one attached hydrogen (secondary N) is 1. The number of aryl methyl sites for hydroxylation is 2. The summed E-state index contributed by atoms with van der Waals surface area (Å²) < 4.78 is 7.70. The number of nitrogens with zero attached hydrogens (tertiary/aromatic N) is 3. The normalized spacial score (nSPS) is 14.8. The number of hydrogen-bond acceptors (Lipinski definition) is 4. The van der Waals surface area contributed by atoms with Crippen LogP contribution >= 0.6 is 0 Å². The summed E-state index contributed by atoms with van der Waals surface area (Å²) in [4.78, 5) is 9.02. The Morgan fingerprint density at radius 2 is 2.06 bits per heavy atom. The van der Waals surface area contributed by atoms with Crippen molar-refractivity contribution in [2.45, 2.75) is 20.4 Å². The fourth-order valence-corrected chi connectivity index (χ4v) is 2.19. The molecule has 0 unspecified atom stereocenters. The Balaban J connectivity index is 2.07. The van der Waals surface area contributed by atoms with Crippen molar-refractivity contribution in [2.75, 3.05) is 13.2 Å². The van der Waals surface area contributed by atoms with Crippen LogP contribution in [0.15, 0.2) is 18.3 Å². The Hall–Kier alpha value is -1.88. The predicted octanol–water partition coefficient (Wildman–Crippen LogP) is 1.37. The second-order valence-corrected chi connectivity index (χ2v) is 4.46. The van der Waals surface area contributed by atoms with E-state index in [0.717, 1.165) is 29.4 Å². The molecule has 0 bridgehead atoms. The summed E-state index contributed by atoms with van der Waals surface area (Å²) in [5, 5.41) is 3.25. The van der Waals surface area contributed by atoms with E-state index in [1.807, 2.05) is 0 Å². The molecule has 0 spiro atoms. The van der Waals surface area contributed by atoms with Crippen LogP contribution in [-0.2, 0) is 6.54 Å². The van der Waals surface area contributed by atoms with Gasteiger partial charge >= 0.3 is 0 Å². The van der Waals surface area contributed by atoms with Crippen LogP contribution in [0.25, 0.3) is 5.82 Å². The van der Waals surface area contributed by atoms with Crippen LogP contribution in [0.2, 0.25) is 0 Å². The van der Waals surface area contributed by atoms with Crippen molar-refractivity contribution >= 4 is 0 Å². The zero-order valence-electron chi connectivity index (χ0n) is 10.6. The summed E-state index contributed by atoms with van der Waals surface area (Å²) >= 11 is 0. The molecule has 0 radical (unpaired) electrons. The van der Waals surface area contributed by atoms with Gasteiger partial charge in [-0.15, -0.1) is 0 Å². The van der Waals surface area contributed by atoms with Crippen LogP contribution in [0.4, 0.5) is 0 Å². The maximum Gasteiger partial charge on any atom is 0.239 e. The van der Waals surface area contributed by atoms with Crippen molar-refractivity contribution in [1.29, 1.82) is 0 Å². The summed E-state index contributed by atoms with van der Waals surface area (Å²) in [6.45, 7) is 6.29. The molecule has 3 heterocycles. The first-order valence-electron chi connectivity index (χ1n) is 6.10. The van der Waals surface area contributed by atoms with Gasteiger partial charge in [-0.1, -0.05) is 0 Å². The second kappa shape index (κ2) is 4.42. The zero-order valence-corrected chi connectivity index (χ0v) is 10.6. The molecule has 0 amide bonds. The maximum absolute atomic E-state index is 5.62. The quantitative estimate of drug-likeness (QED) is 0.823. The first kappa shape index (κ1) is 11.2. The minimum absolute atomic E-state index is 0.634. The number of aromatic nitrogens is 3. The fraction of sp³-hybridized carbons (Fsp3) is 0.385. The minimum atomic E-state index is 0.634. The highest BCUT2D eigenvalue weighted by Gasteiger charge is 2.14. The lowest BCUT2D eigenvalue weighted by Crippen LogP contribution is -2.16. The molecule has 5 nitrogen and oxygen atoms in total. The van der Waals surface area contributed by atoms with Crippen LogP contribution in [0.1, 0.15) is 17.1 Å². The lowest BCUT2D eigenvalue weighted by molar-refractivity contribution is 0.312. The second-order valence-electron chi connectivity index (χ2n) is 4.46. The third-order valence-electron chi connectivity index (χ3n) is 3.11. The lowest BCUT2D eigenvalue weighted by atomic mass is 10.4. The summed E-state index contributed by atoms with van der Waals surface area (Å²) in [6, 6.07) is 4.15.